The van der Waals surface area contributed by atoms with Crippen LogP contribution in [0.25, 0.3) is 0 Å². The SMILES string of the molecule is Nc1ccc(COC(=O)c2ccco2)c(Oc2cccc(Oc3cc(N)ccc3COC(=O)c3ccco3)c2)c1. The lowest BCUT2D eigenvalue weighted by Gasteiger charge is -2.15. The second kappa shape index (κ2) is 11.8. The van der Waals surface area contributed by atoms with Crippen LogP contribution in [-0.4, -0.2) is 11.9 Å². The molecule has 2 heterocycles. The Morgan fingerprint density at radius 3 is 1.50 bits per heavy atom. The number of carbonyl (C=O) groups excluding carboxylic acids is 2. The number of esters is 2. The highest BCUT2D eigenvalue weighted by Crippen LogP contribution is 2.33. The van der Waals surface area contributed by atoms with Crippen LogP contribution in [0.1, 0.15) is 32.2 Å². The number of anilines is 2. The Morgan fingerprint density at radius 1 is 0.600 bits per heavy atom. The molecular formula is C30H24N2O8. The van der Waals surface area contributed by atoms with Crippen LogP contribution in [-0.2, 0) is 22.7 Å². The lowest BCUT2D eigenvalue weighted by molar-refractivity contribution is 0.0426. The van der Waals surface area contributed by atoms with E-state index in [0.717, 1.165) is 0 Å². The zero-order valence-electron chi connectivity index (χ0n) is 21.1. The largest absolute Gasteiger partial charge is 0.457 e. The summed E-state index contributed by atoms with van der Waals surface area (Å²) >= 11 is 0. The predicted octanol–water partition coefficient (Wildman–Crippen LogP) is 6.34. The summed E-state index contributed by atoms with van der Waals surface area (Å²) in [6.45, 7) is -0.122. The van der Waals surface area contributed by atoms with Gasteiger partial charge in [-0.15, -0.1) is 0 Å². The number of hydrogen-bond acceptors (Lipinski definition) is 10. The number of benzene rings is 3. The maximum Gasteiger partial charge on any atom is 0.374 e. The van der Waals surface area contributed by atoms with Gasteiger partial charge in [-0.1, -0.05) is 6.07 Å². The molecule has 0 atom stereocenters. The highest BCUT2D eigenvalue weighted by molar-refractivity contribution is 5.86. The average Bonchev–Trinajstić information content (AvgIpc) is 3.68. The lowest BCUT2D eigenvalue weighted by atomic mass is 10.2. The molecule has 10 nitrogen and oxygen atoms in total. The molecule has 0 aliphatic rings. The Balaban J connectivity index is 1.29. The fraction of sp³-hybridized carbons (Fsp3) is 0.0667. The Bertz CT molecular complexity index is 1490. The third-order valence-corrected chi connectivity index (χ3v) is 5.61. The average molecular weight is 541 g/mol. The van der Waals surface area contributed by atoms with E-state index in [1.165, 1.54) is 24.7 Å². The van der Waals surface area contributed by atoms with Crippen molar-refractivity contribution in [1.29, 1.82) is 0 Å². The van der Waals surface area contributed by atoms with Gasteiger partial charge in [0.05, 0.1) is 12.5 Å². The van der Waals surface area contributed by atoms with Gasteiger partial charge in [-0.25, -0.2) is 9.59 Å². The van der Waals surface area contributed by atoms with Gasteiger partial charge in [-0.05, 0) is 60.7 Å². The summed E-state index contributed by atoms with van der Waals surface area (Å²) in [5.74, 6) is 0.677. The van der Waals surface area contributed by atoms with E-state index in [-0.39, 0.29) is 24.7 Å². The van der Waals surface area contributed by atoms with Crippen LogP contribution in [0.4, 0.5) is 11.4 Å². The molecule has 202 valence electrons. The number of furan rings is 2. The van der Waals surface area contributed by atoms with E-state index in [9.17, 15) is 9.59 Å². The molecule has 2 aromatic heterocycles. The van der Waals surface area contributed by atoms with Crippen molar-refractivity contribution < 1.29 is 37.4 Å². The fourth-order valence-corrected chi connectivity index (χ4v) is 3.64. The van der Waals surface area contributed by atoms with Crippen LogP contribution in [0.5, 0.6) is 23.0 Å². The Kier molecular flexibility index (Phi) is 7.68. The molecule has 0 amide bonds. The van der Waals surface area contributed by atoms with Crippen LogP contribution in [0.2, 0.25) is 0 Å². The Hall–Kier alpha value is -5.64. The first-order valence-corrected chi connectivity index (χ1v) is 12.1. The summed E-state index contributed by atoms with van der Waals surface area (Å²) in [6, 6.07) is 23.2. The molecule has 0 fully saturated rings. The monoisotopic (exact) mass is 540 g/mol. The second-order valence-corrected chi connectivity index (χ2v) is 8.52. The molecule has 0 bridgehead atoms. The van der Waals surface area contributed by atoms with Crippen LogP contribution < -0.4 is 20.9 Å². The summed E-state index contributed by atoms with van der Waals surface area (Å²) in [5, 5.41) is 0. The molecule has 0 saturated heterocycles. The third-order valence-electron chi connectivity index (χ3n) is 5.61. The van der Waals surface area contributed by atoms with Gasteiger partial charge in [0, 0.05) is 40.7 Å². The van der Waals surface area contributed by atoms with Gasteiger partial charge in [0.15, 0.2) is 0 Å². The van der Waals surface area contributed by atoms with E-state index < -0.39 is 11.9 Å². The topological polar surface area (TPSA) is 149 Å². The number of hydrogen-bond donors (Lipinski definition) is 2. The summed E-state index contributed by atoms with van der Waals surface area (Å²) in [6.07, 6.45) is 2.79. The first-order chi connectivity index (χ1) is 19.4. The summed E-state index contributed by atoms with van der Waals surface area (Å²) in [4.78, 5) is 24.4. The fourth-order valence-electron chi connectivity index (χ4n) is 3.64. The minimum absolute atomic E-state index is 0.0608. The van der Waals surface area contributed by atoms with E-state index in [2.05, 4.69) is 0 Å². The zero-order valence-corrected chi connectivity index (χ0v) is 21.1. The predicted molar refractivity (Wildman–Crippen MR) is 144 cm³/mol. The van der Waals surface area contributed by atoms with Crippen molar-refractivity contribution in [2.45, 2.75) is 13.2 Å². The van der Waals surface area contributed by atoms with E-state index >= 15 is 0 Å². The quantitative estimate of drug-likeness (QED) is 0.152. The molecular weight excluding hydrogens is 516 g/mol. The number of nitrogens with two attached hydrogens (primary N) is 2. The highest BCUT2D eigenvalue weighted by Gasteiger charge is 2.15. The molecule has 5 rings (SSSR count). The summed E-state index contributed by atoms with van der Waals surface area (Å²) in [5.41, 5.74) is 14.1. The molecule has 0 saturated carbocycles. The first kappa shape index (κ1) is 26.0. The van der Waals surface area contributed by atoms with Gasteiger partial charge in [0.1, 0.15) is 36.2 Å². The van der Waals surface area contributed by atoms with Crippen molar-refractivity contribution in [2.75, 3.05) is 11.5 Å². The van der Waals surface area contributed by atoms with Gasteiger partial charge in [-0.2, -0.15) is 0 Å². The molecule has 40 heavy (non-hydrogen) atoms. The van der Waals surface area contributed by atoms with Crippen molar-refractivity contribution in [2.24, 2.45) is 0 Å². The maximum absolute atomic E-state index is 12.2. The molecule has 0 aliphatic carbocycles. The number of carbonyl (C=O) groups is 2. The molecule has 0 unspecified atom stereocenters. The summed E-state index contributed by atoms with van der Waals surface area (Å²) in [7, 11) is 0. The lowest BCUT2D eigenvalue weighted by Crippen LogP contribution is -2.05. The van der Waals surface area contributed by atoms with Gasteiger partial charge in [0.2, 0.25) is 11.5 Å². The van der Waals surface area contributed by atoms with E-state index in [4.69, 9.17) is 39.2 Å². The Morgan fingerprint density at radius 2 is 1.07 bits per heavy atom. The molecule has 3 aromatic carbocycles. The van der Waals surface area contributed by atoms with Gasteiger partial charge < -0.3 is 39.2 Å². The first-order valence-electron chi connectivity index (χ1n) is 12.1. The zero-order chi connectivity index (χ0) is 27.9. The molecule has 0 aliphatic heterocycles. The van der Waals surface area contributed by atoms with Crippen molar-refractivity contribution in [3.8, 4) is 23.0 Å². The van der Waals surface area contributed by atoms with Gasteiger partial charge in [0.25, 0.3) is 0 Å². The van der Waals surface area contributed by atoms with Crippen LogP contribution in [0.3, 0.4) is 0 Å². The molecule has 5 aromatic rings. The number of nitrogen functional groups attached to an aromatic ring is 2. The van der Waals surface area contributed by atoms with Crippen molar-refractivity contribution in [3.63, 3.8) is 0 Å². The molecule has 4 N–H and O–H groups in total. The number of rotatable bonds is 10. The molecule has 10 heteroatoms. The normalized spacial score (nSPS) is 10.6. The minimum Gasteiger partial charge on any atom is -0.457 e. The standard InChI is InChI=1S/C30H24N2O8/c31-21-10-8-19(17-37-29(33)25-6-2-12-35-25)27(14-21)39-23-4-1-5-24(16-23)40-28-15-22(32)11-9-20(28)18-38-30(34)26-7-3-13-36-26/h1-16H,17-18,31-32H2. The van der Waals surface area contributed by atoms with Crippen molar-refractivity contribution >= 4 is 23.3 Å². The Labute approximate surface area is 228 Å². The van der Waals surface area contributed by atoms with E-state index in [1.807, 2.05) is 0 Å². The molecule has 0 radical (unpaired) electrons. The van der Waals surface area contributed by atoms with Crippen LogP contribution >= 0.6 is 0 Å². The van der Waals surface area contributed by atoms with Crippen LogP contribution in [0, 0.1) is 0 Å². The minimum atomic E-state index is -0.601. The van der Waals surface area contributed by atoms with Gasteiger partial charge >= 0.3 is 11.9 Å². The van der Waals surface area contributed by atoms with Crippen LogP contribution in [0.15, 0.2) is 106 Å². The molecule has 0 spiro atoms. The van der Waals surface area contributed by atoms with E-state index in [1.54, 1.807) is 72.8 Å². The second-order valence-electron chi connectivity index (χ2n) is 8.52. The highest BCUT2D eigenvalue weighted by atomic mass is 16.6. The van der Waals surface area contributed by atoms with Crippen molar-refractivity contribution in [3.05, 3.63) is 120 Å². The smallest absolute Gasteiger partial charge is 0.374 e. The number of ether oxygens (including phenoxy) is 4. The van der Waals surface area contributed by atoms with Gasteiger partial charge in [-0.3, -0.25) is 0 Å². The third kappa shape index (κ3) is 6.43. The summed E-state index contributed by atoms with van der Waals surface area (Å²) < 4.78 is 33.0. The van der Waals surface area contributed by atoms with Crippen molar-refractivity contribution in [1.82, 2.24) is 0 Å². The van der Waals surface area contributed by atoms with E-state index in [0.29, 0.717) is 45.5 Å². The maximum atomic E-state index is 12.2.